The van der Waals surface area contributed by atoms with Crippen LogP contribution in [0.25, 0.3) is 0 Å². The molecule has 1 aromatic carbocycles. The molecular formula is C21H30N3O+. The Labute approximate surface area is 151 Å². The standard InChI is InChI=1S/C21H29N3O/c1-16(2)24(17(3)4)15-13-21(20(22)25,18-10-6-5-7-11-18)19-12-8-9-14-23-19/h5-12,14,16-17H,13,15H2,1-4H3,(H2,22,25)/p+1/t21-/m1/s1. The molecule has 0 radical (unpaired) electrons. The molecule has 0 fully saturated rings. The summed E-state index contributed by atoms with van der Waals surface area (Å²) in [6.45, 7) is 9.70. The molecule has 4 nitrogen and oxygen atoms in total. The highest BCUT2D eigenvalue weighted by atomic mass is 16.1. The normalized spacial score (nSPS) is 14.0. The first-order chi connectivity index (χ1) is 11.9. The number of nitrogens with zero attached hydrogens (tertiary/aromatic N) is 1. The minimum atomic E-state index is -0.905. The molecular weight excluding hydrogens is 310 g/mol. The summed E-state index contributed by atoms with van der Waals surface area (Å²) in [5, 5.41) is 0. The van der Waals surface area contributed by atoms with E-state index in [0.717, 1.165) is 17.8 Å². The van der Waals surface area contributed by atoms with Crippen LogP contribution in [0.1, 0.15) is 45.4 Å². The van der Waals surface area contributed by atoms with Crippen LogP contribution < -0.4 is 10.6 Å². The number of amides is 1. The Hall–Kier alpha value is -2.20. The fourth-order valence-electron chi connectivity index (χ4n) is 3.73. The van der Waals surface area contributed by atoms with Crippen molar-refractivity contribution >= 4 is 5.91 Å². The van der Waals surface area contributed by atoms with Crippen molar-refractivity contribution in [3.05, 3.63) is 66.0 Å². The largest absolute Gasteiger partial charge is 0.369 e. The Bertz CT molecular complexity index is 621. The van der Waals surface area contributed by atoms with Crippen molar-refractivity contribution in [2.24, 2.45) is 5.73 Å². The number of rotatable bonds is 8. The van der Waals surface area contributed by atoms with Gasteiger partial charge in [-0.1, -0.05) is 36.4 Å². The molecule has 25 heavy (non-hydrogen) atoms. The minimum Gasteiger partial charge on any atom is -0.369 e. The SMILES string of the molecule is CC(C)[NH+](CC[C@@](C(N)=O)(c1ccccc1)c1ccccn1)C(C)C. The van der Waals surface area contributed by atoms with E-state index >= 15 is 0 Å². The maximum Gasteiger partial charge on any atom is 0.234 e. The third-order valence-electron chi connectivity index (χ3n) is 5.06. The van der Waals surface area contributed by atoms with Gasteiger partial charge in [-0.05, 0) is 45.4 Å². The number of aromatic nitrogens is 1. The summed E-state index contributed by atoms with van der Waals surface area (Å²) in [5.74, 6) is -0.343. The quantitative estimate of drug-likeness (QED) is 0.771. The van der Waals surface area contributed by atoms with Crippen molar-refractivity contribution in [3.8, 4) is 0 Å². The highest BCUT2D eigenvalue weighted by molar-refractivity contribution is 5.90. The number of carbonyl (C=O) groups excluding carboxylic acids is 1. The Kier molecular flexibility index (Phi) is 6.32. The first-order valence-electron chi connectivity index (χ1n) is 9.02. The molecule has 1 heterocycles. The van der Waals surface area contributed by atoms with E-state index in [9.17, 15) is 4.79 Å². The van der Waals surface area contributed by atoms with Crippen molar-refractivity contribution < 1.29 is 9.69 Å². The van der Waals surface area contributed by atoms with Gasteiger partial charge < -0.3 is 10.6 Å². The number of nitrogens with two attached hydrogens (primary N) is 1. The molecule has 0 saturated carbocycles. The summed E-state index contributed by atoms with van der Waals surface area (Å²) >= 11 is 0. The predicted molar refractivity (Wildman–Crippen MR) is 101 cm³/mol. The average Bonchev–Trinajstić information content (AvgIpc) is 2.59. The van der Waals surface area contributed by atoms with Crippen LogP contribution in [0.4, 0.5) is 0 Å². The Morgan fingerprint density at radius 2 is 1.64 bits per heavy atom. The van der Waals surface area contributed by atoms with Gasteiger partial charge in [0.1, 0.15) is 5.41 Å². The van der Waals surface area contributed by atoms with Gasteiger partial charge in [-0.25, -0.2) is 0 Å². The van der Waals surface area contributed by atoms with E-state index in [1.54, 1.807) is 6.20 Å². The van der Waals surface area contributed by atoms with Gasteiger partial charge in [0, 0.05) is 12.6 Å². The Morgan fingerprint density at radius 1 is 1.04 bits per heavy atom. The molecule has 1 amide bonds. The zero-order valence-corrected chi connectivity index (χ0v) is 15.7. The first kappa shape index (κ1) is 19.1. The number of benzene rings is 1. The molecule has 4 heteroatoms. The van der Waals surface area contributed by atoms with Crippen LogP contribution in [0, 0.1) is 0 Å². The monoisotopic (exact) mass is 340 g/mol. The number of hydrogen-bond donors (Lipinski definition) is 2. The smallest absolute Gasteiger partial charge is 0.234 e. The molecule has 0 bridgehead atoms. The third-order valence-corrected chi connectivity index (χ3v) is 5.06. The van der Waals surface area contributed by atoms with Gasteiger partial charge in [0.05, 0.1) is 24.3 Å². The van der Waals surface area contributed by atoms with Crippen LogP contribution in [-0.2, 0) is 10.2 Å². The van der Waals surface area contributed by atoms with Gasteiger partial charge >= 0.3 is 0 Å². The van der Waals surface area contributed by atoms with Crippen LogP contribution in [-0.4, -0.2) is 29.5 Å². The number of pyridine rings is 1. The fourth-order valence-corrected chi connectivity index (χ4v) is 3.73. The lowest BCUT2D eigenvalue weighted by Crippen LogP contribution is -3.18. The number of carbonyl (C=O) groups is 1. The summed E-state index contributed by atoms with van der Waals surface area (Å²) in [5.41, 5.74) is 6.71. The predicted octanol–water partition coefficient (Wildman–Crippen LogP) is 1.94. The fraction of sp³-hybridized carbons (Fsp3) is 0.429. The van der Waals surface area contributed by atoms with E-state index in [1.807, 2.05) is 48.5 Å². The van der Waals surface area contributed by atoms with Crippen LogP contribution in [0.5, 0.6) is 0 Å². The van der Waals surface area contributed by atoms with E-state index in [1.165, 1.54) is 4.90 Å². The van der Waals surface area contributed by atoms with Gasteiger partial charge in [-0.3, -0.25) is 9.78 Å². The molecule has 0 aliphatic rings. The van der Waals surface area contributed by atoms with Crippen LogP contribution >= 0.6 is 0 Å². The Morgan fingerprint density at radius 3 is 2.12 bits per heavy atom. The summed E-state index contributed by atoms with van der Waals surface area (Å²) < 4.78 is 0. The molecule has 0 aliphatic heterocycles. The summed E-state index contributed by atoms with van der Waals surface area (Å²) in [7, 11) is 0. The zero-order chi connectivity index (χ0) is 18.4. The lowest BCUT2D eigenvalue weighted by Gasteiger charge is -2.34. The number of nitrogens with one attached hydrogen (secondary N) is 1. The molecule has 0 spiro atoms. The van der Waals surface area contributed by atoms with Crippen LogP contribution in [0.15, 0.2) is 54.7 Å². The minimum absolute atomic E-state index is 0.343. The third kappa shape index (κ3) is 4.07. The van der Waals surface area contributed by atoms with Crippen molar-refractivity contribution in [2.75, 3.05) is 6.54 Å². The second-order valence-electron chi connectivity index (χ2n) is 7.23. The second-order valence-corrected chi connectivity index (χ2v) is 7.23. The van der Waals surface area contributed by atoms with E-state index in [4.69, 9.17) is 5.73 Å². The van der Waals surface area contributed by atoms with E-state index in [2.05, 4.69) is 32.7 Å². The molecule has 134 valence electrons. The second kappa shape index (κ2) is 8.26. The van der Waals surface area contributed by atoms with Crippen LogP contribution in [0.2, 0.25) is 0 Å². The van der Waals surface area contributed by atoms with Crippen molar-refractivity contribution in [1.82, 2.24) is 4.98 Å². The zero-order valence-electron chi connectivity index (χ0n) is 15.7. The molecule has 2 rings (SSSR count). The Balaban J connectivity index is 2.50. The van der Waals surface area contributed by atoms with Crippen molar-refractivity contribution in [2.45, 2.75) is 51.6 Å². The van der Waals surface area contributed by atoms with E-state index in [-0.39, 0.29) is 5.91 Å². The number of quaternary nitrogens is 1. The van der Waals surface area contributed by atoms with Gasteiger partial charge in [-0.15, -0.1) is 0 Å². The van der Waals surface area contributed by atoms with Crippen molar-refractivity contribution in [1.29, 1.82) is 0 Å². The summed E-state index contributed by atoms with van der Waals surface area (Å²) in [4.78, 5) is 18.7. The van der Waals surface area contributed by atoms with Gasteiger partial charge in [0.2, 0.25) is 5.91 Å². The maximum atomic E-state index is 12.7. The van der Waals surface area contributed by atoms with E-state index < -0.39 is 5.41 Å². The molecule has 0 unspecified atom stereocenters. The number of hydrogen-bond acceptors (Lipinski definition) is 2. The van der Waals surface area contributed by atoms with Crippen molar-refractivity contribution in [3.63, 3.8) is 0 Å². The molecule has 1 aromatic heterocycles. The molecule has 0 saturated heterocycles. The molecule has 1 atom stereocenters. The maximum absolute atomic E-state index is 12.7. The number of primary amides is 1. The molecule has 0 aliphatic carbocycles. The summed E-state index contributed by atoms with van der Waals surface area (Å²) in [6, 6.07) is 16.4. The van der Waals surface area contributed by atoms with Gasteiger partial charge in [-0.2, -0.15) is 0 Å². The highest BCUT2D eigenvalue weighted by Crippen LogP contribution is 2.33. The topological polar surface area (TPSA) is 60.4 Å². The molecule has 3 N–H and O–H groups in total. The first-order valence-corrected chi connectivity index (χ1v) is 9.02. The van der Waals surface area contributed by atoms with Gasteiger partial charge in [0.15, 0.2) is 0 Å². The summed E-state index contributed by atoms with van der Waals surface area (Å²) in [6.07, 6.45) is 2.36. The lowest BCUT2D eigenvalue weighted by atomic mass is 9.73. The highest BCUT2D eigenvalue weighted by Gasteiger charge is 2.43. The molecule has 2 aromatic rings. The van der Waals surface area contributed by atoms with Gasteiger partial charge in [0.25, 0.3) is 0 Å². The average molecular weight is 340 g/mol. The van der Waals surface area contributed by atoms with E-state index in [0.29, 0.717) is 18.5 Å². The lowest BCUT2D eigenvalue weighted by molar-refractivity contribution is -0.942. The van der Waals surface area contributed by atoms with Crippen LogP contribution in [0.3, 0.4) is 0 Å².